The molecule has 1 nitrogen and oxygen atoms in total. The lowest BCUT2D eigenvalue weighted by atomic mass is 10.1. The molecule has 0 spiro atoms. The molecule has 0 aromatic carbocycles. The number of pyridine rings is 1. The summed E-state index contributed by atoms with van der Waals surface area (Å²) in [5.41, 5.74) is 0.822. The fourth-order valence-corrected chi connectivity index (χ4v) is 1.97. The summed E-state index contributed by atoms with van der Waals surface area (Å²) >= 11 is 8.63. The molecule has 0 radical (unpaired) electrons. The first-order chi connectivity index (χ1) is 6.07. The van der Waals surface area contributed by atoms with Crippen LogP contribution in [0.4, 0.5) is 8.78 Å². The second-order valence-corrected chi connectivity index (χ2v) is 3.58. The van der Waals surface area contributed by atoms with E-state index in [1.807, 2.05) is 0 Å². The van der Waals surface area contributed by atoms with Crippen molar-refractivity contribution in [3.05, 3.63) is 27.5 Å². The molecule has 0 bridgehead atoms. The topological polar surface area (TPSA) is 12.9 Å². The maximum absolute atomic E-state index is 12.5. The van der Waals surface area contributed by atoms with Gasteiger partial charge in [0.25, 0.3) is 6.43 Å². The molecule has 72 valence electrons. The first-order valence-corrected chi connectivity index (χ1v) is 4.88. The second kappa shape index (κ2) is 4.33. The minimum absolute atomic E-state index is 0.0168. The molecule has 1 aromatic rings. The average Bonchev–Trinajstić information content (AvgIpc) is 2.07. The predicted octanol–water partition coefficient (Wildman–Crippen LogP) is 3.83. The Morgan fingerprint density at radius 2 is 2.23 bits per heavy atom. The third-order valence-electron chi connectivity index (χ3n) is 1.72. The second-order valence-electron chi connectivity index (χ2n) is 2.56. The van der Waals surface area contributed by atoms with E-state index in [9.17, 15) is 8.78 Å². The molecular formula is C8H7BrClF2N. The number of aromatic nitrogens is 1. The van der Waals surface area contributed by atoms with Crippen LogP contribution in [0, 0.1) is 6.92 Å². The maximum Gasteiger partial charge on any atom is 0.264 e. The molecule has 5 heteroatoms. The van der Waals surface area contributed by atoms with Gasteiger partial charge in [-0.1, -0.05) is 0 Å². The summed E-state index contributed by atoms with van der Waals surface area (Å²) in [6, 6.07) is 0. The first kappa shape index (κ1) is 10.9. The van der Waals surface area contributed by atoms with Crippen LogP contribution in [0.15, 0.2) is 10.8 Å². The SMILES string of the molecule is Cc1cnc(Br)c(CCl)c1C(F)F. The predicted molar refractivity (Wildman–Crippen MR) is 51.2 cm³/mol. The van der Waals surface area contributed by atoms with Crippen LogP contribution >= 0.6 is 27.5 Å². The standard InChI is InChI=1S/C8H7BrClF2N/c1-4-3-13-7(9)5(2-10)6(4)8(11)12/h3,8H,2H2,1H3. The van der Waals surface area contributed by atoms with Gasteiger partial charge in [-0.3, -0.25) is 0 Å². The summed E-state index contributed by atoms with van der Waals surface area (Å²) in [7, 11) is 0. The van der Waals surface area contributed by atoms with E-state index in [2.05, 4.69) is 20.9 Å². The fourth-order valence-electron chi connectivity index (χ4n) is 1.08. The smallest absolute Gasteiger partial charge is 0.249 e. The highest BCUT2D eigenvalue weighted by atomic mass is 79.9. The Kier molecular flexibility index (Phi) is 3.62. The van der Waals surface area contributed by atoms with Gasteiger partial charge >= 0.3 is 0 Å². The zero-order chi connectivity index (χ0) is 10.0. The van der Waals surface area contributed by atoms with E-state index >= 15 is 0 Å². The van der Waals surface area contributed by atoms with Crippen LogP contribution < -0.4 is 0 Å². The van der Waals surface area contributed by atoms with Gasteiger partial charge < -0.3 is 0 Å². The number of nitrogens with zero attached hydrogens (tertiary/aromatic N) is 1. The lowest BCUT2D eigenvalue weighted by Gasteiger charge is -2.10. The lowest BCUT2D eigenvalue weighted by Crippen LogP contribution is -1.99. The van der Waals surface area contributed by atoms with Crippen LogP contribution in [0.3, 0.4) is 0 Å². The summed E-state index contributed by atoms with van der Waals surface area (Å²) < 4.78 is 25.5. The molecule has 0 aliphatic rings. The Hall–Kier alpha value is -0.220. The van der Waals surface area contributed by atoms with Gasteiger partial charge in [-0.15, -0.1) is 11.6 Å². The fraction of sp³-hybridized carbons (Fsp3) is 0.375. The van der Waals surface area contributed by atoms with Crippen molar-refractivity contribution in [2.45, 2.75) is 19.2 Å². The number of hydrogen-bond acceptors (Lipinski definition) is 1. The molecule has 0 unspecified atom stereocenters. The third kappa shape index (κ3) is 2.17. The van der Waals surface area contributed by atoms with Gasteiger partial charge in [0.05, 0.1) is 5.88 Å². The summed E-state index contributed by atoms with van der Waals surface area (Å²) in [5, 5.41) is 0. The third-order valence-corrected chi connectivity index (χ3v) is 2.67. The molecule has 0 amide bonds. The summed E-state index contributed by atoms with van der Waals surface area (Å²) in [5.74, 6) is 0.0366. The van der Waals surface area contributed by atoms with E-state index in [4.69, 9.17) is 11.6 Å². The van der Waals surface area contributed by atoms with E-state index in [0.717, 1.165) is 0 Å². The van der Waals surface area contributed by atoms with Gasteiger partial charge in [0.15, 0.2) is 0 Å². The van der Waals surface area contributed by atoms with Crippen molar-refractivity contribution < 1.29 is 8.78 Å². The van der Waals surface area contributed by atoms with Gasteiger partial charge in [-0.05, 0) is 28.4 Å². The monoisotopic (exact) mass is 269 g/mol. The summed E-state index contributed by atoms with van der Waals surface area (Å²) in [4.78, 5) is 3.89. The normalized spacial score (nSPS) is 10.9. The number of aryl methyl sites for hydroxylation is 1. The highest BCUT2D eigenvalue weighted by molar-refractivity contribution is 9.10. The molecule has 0 saturated carbocycles. The number of rotatable bonds is 2. The van der Waals surface area contributed by atoms with Gasteiger partial charge in [-0.25, -0.2) is 13.8 Å². The van der Waals surface area contributed by atoms with Crippen LogP contribution in [0.1, 0.15) is 23.1 Å². The quantitative estimate of drug-likeness (QED) is 0.588. The van der Waals surface area contributed by atoms with Crippen molar-refractivity contribution in [2.75, 3.05) is 0 Å². The van der Waals surface area contributed by atoms with Crippen molar-refractivity contribution in [1.82, 2.24) is 4.98 Å². The van der Waals surface area contributed by atoms with Gasteiger partial charge in [0, 0.05) is 17.3 Å². The molecule has 0 N–H and O–H groups in total. The van der Waals surface area contributed by atoms with Crippen molar-refractivity contribution >= 4 is 27.5 Å². The Bertz CT molecular complexity index is 317. The lowest BCUT2D eigenvalue weighted by molar-refractivity contribution is 0.149. The summed E-state index contributed by atoms with van der Waals surface area (Å²) in [6.45, 7) is 1.59. The van der Waals surface area contributed by atoms with Crippen molar-refractivity contribution in [3.63, 3.8) is 0 Å². The van der Waals surface area contributed by atoms with E-state index in [1.165, 1.54) is 6.20 Å². The molecule has 0 atom stereocenters. The number of alkyl halides is 3. The average molecular weight is 271 g/mol. The molecule has 0 fully saturated rings. The Labute approximate surface area is 88.2 Å². The first-order valence-electron chi connectivity index (χ1n) is 3.56. The molecule has 0 saturated heterocycles. The van der Waals surface area contributed by atoms with E-state index in [-0.39, 0.29) is 11.4 Å². The molecule has 1 aromatic heterocycles. The van der Waals surface area contributed by atoms with Crippen LogP contribution in [-0.2, 0) is 5.88 Å². The largest absolute Gasteiger partial charge is 0.264 e. The Balaban J connectivity index is 3.35. The van der Waals surface area contributed by atoms with Crippen molar-refractivity contribution in [3.8, 4) is 0 Å². The van der Waals surface area contributed by atoms with Crippen LogP contribution in [0.5, 0.6) is 0 Å². The number of halogens is 4. The zero-order valence-electron chi connectivity index (χ0n) is 6.82. The van der Waals surface area contributed by atoms with E-state index < -0.39 is 6.43 Å². The van der Waals surface area contributed by atoms with Crippen LogP contribution in [-0.4, -0.2) is 4.98 Å². The highest BCUT2D eigenvalue weighted by Crippen LogP contribution is 2.30. The van der Waals surface area contributed by atoms with Gasteiger partial charge in [0.2, 0.25) is 0 Å². The molecule has 1 rings (SSSR count). The maximum atomic E-state index is 12.5. The van der Waals surface area contributed by atoms with E-state index in [0.29, 0.717) is 15.7 Å². The van der Waals surface area contributed by atoms with Crippen molar-refractivity contribution in [2.24, 2.45) is 0 Å². The van der Waals surface area contributed by atoms with Gasteiger partial charge in [0.1, 0.15) is 4.60 Å². The Morgan fingerprint density at radius 3 is 2.62 bits per heavy atom. The highest BCUT2D eigenvalue weighted by Gasteiger charge is 2.18. The molecular weight excluding hydrogens is 263 g/mol. The minimum Gasteiger partial charge on any atom is -0.249 e. The van der Waals surface area contributed by atoms with Crippen LogP contribution in [0.2, 0.25) is 0 Å². The van der Waals surface area contributed by atoms with E-state index in [1.54, 1.807) is 6.92 Å². The molecule has 13 heavy (non-hydrogen) atoms. The summed E-state index contributed by atoms with van der Waals surface area (Å²) in [6.07, 6.45) is -1.10. The molecule has 0 aliphatic heterocycles. The Morgan fingerprint density at radius 1 is 1.62 bits per heavy atom. The van der Waals surface area contributed by atoms with Crippen LogP contribution in [0.25, 0.3) is 0 Å². The molecule has 1 heterocycles. The molecule has 0 aliphatic carbocycles. The number of hydrogen-bond donors (Lipinski definition) is 0. The van der Waals surface area contributed by atoms with Crippen molar-refractivity contribution in [1.29, 1.82) is 0 Å². The van der Waals surface area contributed by atoms with Gasteiger partial charge in [-0.2, -0.15) is 0 Å². The zero-order valence-corrected chi connectivity index (χ0v) is 9.16. The minimum atomic E-state index is -2.51.